The molecular weight excluding hydrogens is 206 g/mol. The van der Waals surface area contributed by atoms with E-state index < -0.39 is 11.9 Å². The topological polar surface area (TPSA) is 69.9 Å². The summed E-state index contributed by atoms with van der Waals surface area (Å²) in [5.41, 5.74) is 3.11. The van der Waals surface area contributed by atoms with Gasteiger partial charge >= 0.3 is 5.97 Å². The van der Waals surface area contributed by atoms with Gasteiger partial charge in [-0.25, -0.2) is 0 Å². The van der Waals surface area contributed by atoms with Crippen molar-refractivity contribution in [2.45, 2.75) is 25.7 Å². The molecule has 0 heterocycles. The van der Waals surface area contributed by atoms with Crippen LogP contribution < -0.4 is 0 Å². The number of hydrogen-bond acceptors (Lipinski definition) is 3. The van der Waals surface area contributed by atoms with Crippen LogP contribution >= 0.6 is 0 Å². The third-order valence-electron chi connectivity index (χ3n) is 3.03. The number of fused-ring (bicyclic) bond motifs is 1. The predicted octanol–water partition coefficient (Wildman–Crippen LogP) is 2.00. The Labute approximate surface area is 93.2 Å². The van der Waals surface area contributed by atoms with Gasteiger partial charge in [0.15, 0.2) is 0 Å². The molecule has 0 amide bonds. The smallest absolute Gasteiger partial charge is 0.311 e. The van der Waals surface area contributed by atoms with Gasteiger partial charge < -0.3 is 10.3 Å². The zero-order valence-electron chi connectivity index (χ0n) is 8.97. The fourth-order valence-electron chi connectivity index (χ4n) is 2.11. The minimum absolute atomic E-state index is 0.272. The van der Waals surface area contributed by atoms with E-state index in [2.05, 4.69) is 5.16 Å². The van der Waals surface area contributed by atoms with Crippen LogP contribution in [0.15, 0.2) is 23.4 Å². The Morgan fingerprint density at radius 3 is 2.88 bits per heavy atom. The molecule has 1 aliphatic rings. The first-order valence-corrected chi connectivity index (χ1v) is 5.24. The molecule has 4 nitrogen and oxygen atoms in total. The Bertz CT molecular complexity index is 465. The van der Waals surface area contributed by atoms with Crippen molar-refractivity contribution in [3.63, 3.8) is 0 Å². The lowest BCUT2D eigenvalue weighted by Crippen LogP contribution is -2.08. The summed E-state index contributed by atoms with van der Waals surface area (Å²) in [6.45, 7) is 2.03. The van der Waals surface area contributed by atoms with E-state index in [4.69, 9.17) is 10.3 Å². The molecule has 2 N–H and O–H groups in total. The number of benzene rings is 1. The van der Waals surface area contributed by atoms with Gasteiger partial charge in [-0.15, -0.1) is 0 Å². The average molecular weight is 219 g/mol. The fourth-order valence-corrected chi connectivity index (χ4v) is 2.11. The van der Waals surface area contributed by atoms with E-state index in [0.717, 1.165) is 23.1 Å². The largest absolute Gasteiger partial charge is 0.481 e. The SMILES string of the molecule is CCc1ccc2c(c1)/C(=N\O)CC2C(=O)O. The number of carboxylic acid groups (broad SMARTS) is 1. The Balaban J connectivity index is 2.53. The molecule has 1 aliphatic carbocycles. The summed E-state index contributed by atoms with van der Waals surface area (Å²) < 4.78 is 0. The van der Waals surface area contributed by atoms with Crippen molar-refractivity contribution < 1.29 is 15.1 Å². The van der Waals surface area contributed by atoms with Crippen molar-refractivity contribution in [1.29, 1.82) is 0 Å². The maximum Gasteiger partial charge on any atom is 0.311 e. The number of aliphatic carboxylic acids is 1. The molecule has 1 aromatic rings. The molecule has 16 heavy (non-hydrogen) atoms. The lowest BCUT2D eigenvalue weighted by atomic mass is 9.99. The molecule has 1 aromatic carbocycles. The van der Waals surface area contributed by atoms with Gasteiger partial charge in [0.05, 0.1) is 11.6 Å². The molecule has 2 rings (SSSR count). The predicted molar refractivity (Wildman–Crippen MR) is 59.1 cm³/mol. The van der Waals surface area contributed by atoms with Gasteiger partial charge in [0.2, 0.25) is 0 Å². The summed E-state index contributed by atoms with van der Waals surface area (Å²) in [5, 5.41) is 21.1. The van der Waals surface area contributed by atoms with Crippen LogP contribution in [0.1, 0.15) is 36.0 Å². The van der Waals surface area contributed by atoms with Crippen LogP contribution in [0.3, 0.4) is 0 Å². The summed E-state index contributed by atoms with van der Waals surface area (Å²) in [4.78, 5) is 11.0. The van der Waals surface area contributed by atoms with Gasteiger partial charge in [0.1, 0.15) is 0 Å². The van der Waals surface area contributed by atoms with Crippen LogP contribution in [0.2, 0.25) is 0 Å². The van der Waals surface area contributed by atoms with Crippen molar-refractivity contribution in [1.82, 2.24) is 0 Å². The van der Waals surface area contributed by atoms with Gasteiger partial charge in [-0.2, -0.15) is 0 Å². The first-order chi connectivity index (χ1) is 7.67. The highest BCUT2D eigenvalue weighted by molar-refractivity contribution is 6.08. The summed E-state index contributed by atoms with van der Waals surface area (Å²) in [6.07, 6.45) is 1.15. The Hall–Kier alpha value is -1.84. The first kappa shape index (κ1) is 10.7. The Morgan fingerprint density at radius 2 is 2.31 bits per heavy atom. The number of oxime groups is 1. The number of nitrogens with zero attached hydrogens (tertiary/aromatic N) is 1. The van der Waals surface area contributed by atoms with Crippen molar-refractivity contribution in [3.8, 4) is 0 Å². The molecule has 0 saturated heterocycles. The maximum atomic E-state index is 11.0. The minimum Gasteiger partial charge on any atom is -0.481 e. The van der Waals surface area contributed by atoms with E-state index >= 15 is 0 Å². The van der Waals surface area contributed by atoms with Gasteiger partial charge in [0.25, 0.3) is 0 Å². The van der Waals surface area contributed by atoms with Gasteiger partial charge in [0, 0.05) is 12.0 Å². The minimum atomic E-state index is -0.871. The van der Waals surface area contributed by atoms with Gasteiger partial charge in [-0.05, 0) is 23.6 Å². The zero-order valence-corrected chi connectivity index (χ0v) is 8.97. The van der Waals surface area contributed by atoms with Gasteiger partial charge in [-0.1, -0.05) is 24.2 Å². The number of hydrogen-bond donors (Lipinski definition) is 2. The third-order valence-corrected chi connectivity index (χ3v) is 3.03. The molecular formula is C12H13NO3. The second-order valence-electron chi connectivity index (χ2n) is 3.92. The molecule has 0 spiro atoms. The molecule has 0 aromatic heterocycles. The van der Waals surface area contributed by atoms with E-state index in [1.807, 2.05) is 25.1 Å². The third kappa shape index (κ3) is 1.56. The highest BCUT2D eigenvalue weighted by atomic mass is 16.4. The van der Waals surface area contributed by atoms with Crippen molar-refractivity contribution in [2.75, 3.05) is 0 Å². The number of carboxylic acids is 1. The number of rotatable bonds is 2. The molecule has 0 radical (unpaired) electrons. The van der Waals surface area contributed by atoms with Crippen LogP contribution in [0.4, 0.5) is 0 Å². The Kier molecular flexibility index (Phi) is 2.64. The van der Waals surface area contributed by atoms with Crippen LogP contribution in [-0.2, 0) is 11.2 Å². The van der Waals surface area contributed by atoms with E-state index in [0.29, 0.717) is 5.71 Å². The molecule has 84 valence electrons. The first-order valence-electron chi connectivity index (χ1n) is 5.24. The molecule has 0 fully saturated rings. The molecule has 0 aliphatic heterocycles. The second kappa shape index (κ2) is 3.96. The van der Waals surface area contributed by atoms with E-state index in [-0.39, 0.29) is 6.42 Å². The molecule has 0 saturated carbocycles. The normalized spacial score (nSPS) is 21.1. The summed E-state index contributed by atoms with van der Waals surface area (Å²) in [7, 11) is 0. The van der Waals surface area contributed by atoms with Crippen LogP contribution in [0.25, 0.3) is 0 Å². The van der Waals surface area contributed by atoms with Crippen LogP contribution in [-0.4, -0.2) is 22.0 Å². The quantitative estimate of drug-likeness (QED) is 0.590. The molecule has 1 atom stereocenters. The fraction of sp³-hybridized carbons (Fsp3) is 0.333. The van der Waals surface area contributed by atoms with E-state index in [9.17, 15) is 4.79 Å². The maximum absolute atomic E-state index is 11.0. The summed E-state index contributed by atoms with van der Waals surface area (Å²) in [5.74, 6) is -1.45. The zero-order chi connectivity index (χ0) is 11.7. The highest BCUT2D eigenvalue weighted by Crippen LogP contribution is 2.34. The van der Waals surface area contributed by atoms with Crippen LogP contribution in [0.5, 0.6) is 0 Å². The van der Waals surface area contributed by atoms with Gasteiger partial charge in [-0.3, -0.25) is 4.79 Å². The standard InChI is InChI=1S/C12H13NO3/c1-2-7-3-4-8-9(5-7)11(13-16)6-10(8)12(14)15/h3-5,10,16H,2,6H2,1H3,(H,14,15)/b13-11-. The average Bonchev–Trinajstić information content (AvgIpc) is 2.66. The molecule has 1 unspecified atom stereocenters. The molecule has 4 heteroatoms. The second-order valence-corrected chi connectivity index (χ2v) is 3.92. The summed E-state index contributed by atoms with van der Waals surface area (Å²) >= 11 is 0. The van der Waals surface area contributed by atoms with E-state index in [1.165, 1.54) is 0 Å². The monoisotopic (exact) mass is 219 g/mol. The van der Waals surface area contributed by atoms with Crippen molar-refractivity contribution in [3.05, 3.63) is 34.9 Å². The lowest BCUT2D eigenvalue weighted by molar-refractivity contribution is -0.138. The van der Waals surface area contributed by atoms with Crippen molar-refractivity contribution >= 4 is 11.7 Å². The number of carbonyl (C=O) groups is 1. The highest BCUT2D eigenvalue weighted by Gasteiger charge is 2.33. The van der Waals surface area contributed by atoms with Crippen LogP contribution in [0, 0.1) is 0 Å². The Morgan fingerprint density at radius 1 is 1.56 bits per heavy atom. The van der Waals surface area contributed by atoms with Crippen molar-refractivity contribution in [2.24, 2.45) is 5.16 Å². The molecule has 0 bridgehead atoms. The van der Waals surface area contributed by atoms with E-state index in [1.54, 1.807) is 0 Å². The number of aryl methyl sites for hydroxylation is 1. The lowest BCUT2D eigenvalue weighted by Gasteiger charge is -2.05. The summed E-state index contributed by atoms with van der Waals surface area (Å²) in [6, 6.07) is 5.66.